The predicted octanol–water partition coefficient (Wildman–Crippen LogP) is 1.62. The van der Waals surface area contributed by atoms with E-state index in [1.165, 1.54) is 12.1 Å². The average molecular weight is 333 g/mol. The molecular weight excluding hydrogens is 315 g/mol. The number of carbonyl (C=O) groups excluding carboxylic acids is 2. The molecule has 0 saturated heterocycles. The number of nitrogens with one attached hydrogen (secondary N) is 2. The summed E-state index contributed by atoms with van der Waals surface area (Å²) >= 11 is 0. The van der Waals surface area contributed by atoms with Gasteiger partial charge >= 0.3 is 6.36 Å². The van der Waals surface area contributed by atoms with E-state index in [0.717, 1.165) is 12.1 Å². The zero-order valence-corrected chi connectivity index (χ0v) is 12.6. The highest BCUT2D eigenvalue weighted by atomic mass is 19.4. The van der Waals surface area contributed by atoms with Gasteiger partial charge in [-0.1, -0.05) is 13.8 Å². The molecular formula is C14H18F3N3O3. The maximum Gasteiger partial charge on any atom is 0.573 e. The van der Waals surface area contributed by atoms with E-state index in [9.17, 15) is 22.8 Å². The monoisotopic (exact) mass is 333 g/mol. The van der Waals surface area contributed by atoms with Gasteiger partial charge in [0.05, 0.1) is 12.6 Å². The van der Waals surface area contributed by atoms with E-state index in [-0.39, 0.29) is 18.2 Å². The normalized spacial score (nSPS) is 12.7. The van der Waals surface area contributed by atoms with Crippen molar-refractivity contribution in [3.05, 3.63) is 24.3 Å². The maximum atomic E-state index is 12.0. The number of ether oxygens (including phenoxy) is 1. The van der Waals surface area contributed by atoms with Crippen molar-refractivity contribution in [3.63, 3.8) is 0 Å². The predicted molar refractivity (Wildman–Crippen MR) is 77.6 cm³/mol. The van der Waals surface area contributed by atoms with Crippen LogP contribution in [-0.4, -0.2) is 30.8 Å². The van der Waals surface area contributed by atoms with Crippen LogP contribution in [0, 0.1) is 5.92 Å². The van der Waals surface area contributed by atoms with E-state index in [0.29, 0.717) is 0 Å². The van der Waals surface area contributed by atoms with Crippen molar-refractivity contribution < 1.29 is 27.5 Å². The Hall–Kier alpha value is -2.29. The Balaban J connectivity index is 2.47. The topological polar surface area (TPSA) is 93.5 Å². The van der Waals surface area contributed by atoms with Crippen molar-refractivity contribution in [3.8, 4) is 5.75 Å². The third-order valence-electron chi connectivity index (χ3n) is 2.82. The second kappa shape index (κ2) is 7.82. The summed E-state index contributed by atoms with van der Waals surface area (Å²) in [5.41, 5.74) is 5.89. The van der Waals surface area contributed by atoms with E-state index in [1.54, 1.807) is 13.8 Å². The maximum absolute atomic E-state index is 12.0. The van der Waals surface area contributed by atoms with Gasteiger partial charge in [-0.05, 0) is 30.2 Å². The summed E-state index contributed by atoms with van der Waals surface area (Å²) in [7, 11) is 0. The van der Waals surface area contributed by atoms with Crippen LogP contribution in [0.2, 0.25) is 0 Å². The molecule has 0 heterocycles. The average Bonchev–Trinajstić information content (AvgIpc) is 2.44. The number of rotatable bonds is 6. The largest absolute Gasteiger partial charge is 0.573 e. The number of hydrogen-bond donors (Lipinski definition) is 3. The number of amides is 2. The molecule has 1 aromatic carbocycles. The molecule has 1 rings (SSSR count). The third kappa shape index (κ3) is 7.00. The van der Waals surface area contributed by atoms with E-state index >= 15 is 0 Å². The molecule has 0 aliphatic heterocycles. The highest BCUT2D eigenvalue weighted by Gasteiger charge is 2.30. The summed E-state index contributed by atoms with van der Waals surface area (Å²) in [5, 5.41) is 4.80. The molecule has 9 heteroatoms. The smallest absolute Gasteiger partial charge is 0.406 e. The van der Waals surface area contributed by atoms with Crippen LogP contribution < -0.4 is 21.1 Å². The van der Waals surface area contributed by atoms with Gasteiger partial charge in [0.25, 0.3) is 0 Å². The van der Waals surface area contributed by atoms with Gasteiger partial charge in [0.15, 0.2) is 0 Å². The standard InChI is InChI=1S/C14H18F3N3O3/c1-8(2)12(18)13(22)19-7-11(21)20-9-3-5-10(6-4-9)23-14(15,16)17/h3-6,8,12H,7,18H2,1-2H3,(H,19,22)(H,20,21)/t12-/m0/s1. The number of nitrogens with two attached hydrogens (primary N) is 1. The van der Waals surface area contributed by atoms with Gasteiger partial charge in [-0.15, -0.1) is 13.2 Å². The number of hydrogen-bond acceptors (Lipinski definition) is 4. The Morgan fingerprint density at radius 1 is 1.22 bits per heavy atom. The van der Waals surface area contributed by atoms with Gasteiger partial charge in [0.2, 0.25) is 11.8 Å². The van der Waals surface area contributed by atoms with Crippen LogP contribution in [0.1, 0.15) is 13.8 Å². The molecule has 0 unspecified atom stereocenters. The Morgan fingerprint density at radius 2 is 1.78 bits per heavy atom. The van der Waals surface area contributed by atoms with Crippen LogP contribution in [0.5, 0.6) is 5.75 Å². The van der Waals surface area contributed by atoms with Crippen LogP contribution in [0.15, 0.2) is 24.3 Å². The quantitative estimate of drug-likeness (QED) is 0.737. The molecule has 0 bridgehead atoms. The van der Waals surface area contributed by atoms with Crippen LogP contribution in [0.25, 0.3) is 0 Å². The molecule has 128 valence electrons. The Labute approximate surface area is 131 Å². The summed E-state index contributed by atoms with van der Waals surface area (Å²) in [6, 6.07) is 3.91. The molecule has 0 fully saturated rings. The summed E-state index contributed by atoms with van der Waals surface area (Å²) in [6.07, 6.45) is -4.77. The molecule has 4 N–H and O–H groups in total. The summed E-state index contributed by atoms with van der Waals surface area (Å²) in [5.74, 6) is -1.45. The van der Waals surface area contributed by atoms with Gasteiger partial charge in [0, 0.05) is 5.69 Å². The van der Waals surface area contributed by atoms with Crippen molar-refractivity contribution in [2.45, 2.75) is 26.3 Å². The van der Waals surface area contributed by atoms with Crippen LogP contribution in [-0.2, 0) is 9.59 Å². The van der Waals surface area contributed by atoms with E-state index < -0.39 is 30.0 Å². The van der Waals surface area contributed by atoms with Crippen molar-refractivity contribution in [1.82, 2.24) is 5.32 Å². The van der Waals surface area contributed by atoms with Gasteiger partial charge < -0.3 is 21.1 Å². The fourth-order valence-electron chi connectivity index (χ4n) is 1.53. The first kappa shape index (κ1) is 18.8. The molecule has 6 nitrogen and oxygen atoms in total. The van der Waals surface area contributed by atoms with Gasteiger partial charge in [0.1, 0.15) is 5.75 Å². The zero-order valence-electron chi connectivity index (χ0n) is 12.6. The molecule has 0 aliphatic carbocycles. The Kier molecular flexibility index (Phi) is 6.38. The lowest BCUT2D eigenvalue weighted by Gasteiger charge is -2.15. The first-order valence-corrected chi connectivity index (χ1v) is 6.77. The number of benzene rings is 1. The summed E-state index contributed by atoms with van der Waals surface area (Å²) in [6.45, 7) is 3.25. The lowest BCUT2D eigenvalue weighted by Crippen LogP contribution is -2.46. The first-order valence-electron chi connectivity index (χ1n) is 6.77. The zero-order chi connectivity index (χ0) is 17.6. The minimum Gasteiger partial charge on any atom is -0.406 e. The fourth-order valence-corrected chi connectivity index (χ4v) is 1.53. The lowest BCUT2D eigenvalue weighted by atomic mass is 10.1. The summed E-state index contributed by atoms with van der Waals surface area (Å²) < 4.78 is 39.7. The minimum atomic E-state index is -4.77. The van der Waals surface area contributed by atoms with Gasteiger partial charge in [-0.25, -0.2) is 0 Å². The lowest BCUT2D eigenvalue weighted by molar-refractivity contribution is -0.274. The molecule has 0 aromatic heterocycles. The second-order valence-electron chi connectivity index (χ2n) is 5.11. The fraction of sp³-hybridized carbons (Fsp3) is 0.429. The van der Waals surface area contributed by atoms with Crippen molar-refractivity contribution in [2.24, 2.45) is 11.7 Å². The molecule has 0 spiro atoms. The summed E-state index contributed by atoms with van der Waals surface area (Å²) in [4.78, 5) is 23.2. The third-order valence-corrected chi connectivity index (χ3v) is 2.82. The molecule has 23 heavy (non-hydrogen) atoms. The van der Waals surface area contributed by atoms with E-state index in [1.807, 2.05) is 0 Å². The highest BCUT2D eigenvalue weighted by Crippen LogP contribution is 2.23. The van der Waals surface area contributed by atoms with Gasteiger partial charge in [-0.3, -0.25) is 9.59 Å². The highest BCUT2D eigenvalue weighted by molar-refractivity contribution is 5.95. The molecule has 0 saturated carbocycles. The number of alkyl halides is 3. The number of anilines is 1. The molecule has 0 radical (unpaired) electrons. The molecule has 0 aliphatic rings. The Morgan fingerprint density at radius 3 is 2.26 bits per heavy atom. The van der Waals surface area contributed by atoms with E-state index in [4.69, 9.17) is 5.73 Å². The minimum absolute atomic E-state index is 0.0701. The SMILES string of the molecule is CC(C)[C@H](N)C(=O)NCC(=O)Nc1ccc(OC(F)(F)F)cc1. The number of halogens is 3. The van der Waals surface area contributed by atoms with Gasteiger partial charge in [-0.2, -0.15) is 0 Å². The molecule has 1 atom stereocenters. The van der Waals surface area contributed by atoms with Crippen LogP contribution in [0.4, 0.5) is 18.9 Å². The molecule has 2 amide bonds. The van der Waals surface area contributed by atoms with Crippen molar-refractivity contribution in [1.29, 1.82) is 0 Å². The van der Waals surface area contributed by atoms with Crippen molar-refractivity contribution in [2.75, 3.05) is 11.9 Å². The second-order valence-corrected chi connectivity index (χ2v) is 5.11. The number of carbonyl (C=O) groups is 2. The van der Waals surface area contributed by atoms with Crippen LogP contribution >= 0.6 is 0 Å². The first-order chi connectivity index (χ1) is 10.6. The Bertz CT molecular complexity index is 544. The van der Waals surface area contributed by atoms with Crippen molar-refractivity contribution >= 4 is 17.5 Å². The molecule has 1 aromatic rings. The van der Waals surface area contributed by atoms with Crippen LogP contribution in [0.3, 0.4) is 0 Å². The van der Waals surface area contributed by atoms with E-state index in [2.05, 4.69) is 15.4 Å².